The van der Waals surface area contributed by atoms with Gasteiger partial charge in [-0.05, 0) is 34.1 Å². The van der Waals surface area contributed by atoms with Gasteiger partial charge in [-0.2, -0.15) is 0 Å². The van der Waals surface area contributed by atoms with Crippen LogP contribution in [0.5, 0.6) is 0 Å². The lowest BCUT2D eigenvalue weighted by Gasteiger charge is -2.28. The lowest BCUT2D eigenvalue weighted by Crippen LogP contribution is -2.45. The third-order valence-electron chi connectivity index (χ3n) is 2.55. The van der Waals surface area contributed by atoms with Crippen LogP contribution in [-0.4, -0.2) is 41.2 Å². The molecule has 0 rings (SSSR count). The van der Waals surface area contributed by atoms with E-state index in [1.165, 1.54) is 0 Å². The molecule has 0 fully saturated rings. The summed E-state index contributed by atoms with van der Waals surface area (Å²) in [4.78, 5) is 11.4. The second-order valence-electron chi connectivity index (χ2n) is 4.29. The molecule has 0 heterocycles. The largest absolute Gasteiger partial charge is 0.500 e. The number of hydrogen-bond donors (Lipinski definition) is 0. The lowest BCUT2D eigenvalue weighted by atomic mass is 10.3. The van der Waals surface area contributed by atoms with E-state index in [0.717, 1.165) is 0 Å². The van der Waals surface area contributed by atoms with Crippen molar-refractivity contribution in [3.63, 3.8) is 0 Å². The predicted octanol–water partition coefficient (Wildman–Crippen LogP) is 2.54. The van der Waals surface area contributed by atoms with Gasteiger partial charge in [0.05, 0.1) is 6.10 Å². The predicted molar refractivity (Wildman–Crippen MR) is 75.8 cm³/mol. The lowest BCUT2D eigenvalue weighted by molar-refractivity contribution is -0.143. The zero-order valence-electron chi connectivity index (χ0n) is 12.7. The summed E-state index contributed by atoms with van der Waals surface area (Å²) in [7, 11) is -1.02. The molecule has 0 aliphatic heterocycles. The minimum Gasteiger partial charge on any atom is -0.459 e. The number of esters is 1. The summed E-state index contributed by atoms with van der Waals surface area (Å²) in [5, 5.41) is 0. The number of rotatable bonds is 10. The molecule has 6 heteroatoms. The van der Waals surface area contributed by atoms with Gasteiger partial charge in [-0.15, -0.1) is 0 Å². The minimum atomic E-state index is -2.62. The number of ether oxygens (including phenoxy) is 1. The maximum absolute atomic E-state index is 11.4. The van der Waals surface area contributed by atoms with Crippen LogP contribution >= 0.6 is 0 Å². The standard InChI is InChI=1S/C13H26O5Si/c1-7-16-19(15-6,17-8-2)10-9-12(5)18-13(14)11(3)4/h12H,3,7-10H2,1-2,4-6H3. The van der Waals surface area contributed by atoms with E-state index in [4.69, 9.17) is 18.0 Å². The van der Waals surface area contributed by atoms with Gasteiger partial charge < -0.3 is 18.0 Å². The Morgan fingerprint density at radius 3 is 2.16 bits per heavy atom. The average molecular weight is 290 g/mol. The Balaban J connectivity index is 4.37. The highest BCUT2D eigenvalue weighted by molar-refractivity contribution is 6.60. The van der Waals surface area contributed by atoms with Crippen molar-refractivity contribution in [3.05, 3.63) is 12.2 Å². The van der Waals surface area contributed by atoms with Gasteiger partial charge in [0.1, 0.15) is 0 Å². The second kappa shape index (κ2) is 9.25. The van der Waals surface area contributed by atoms with E-state index in [1.54, 1.807) is 14.0 Å². The normalized spacial score (nSPS) is 13.1. The topological polar surface area (TPSA) is 54.0 Å². The third-order valence-corrected chi connectivity index (χ3v) is 5.53. The third kappa shape index (κ3) is 6.86. The van der Waals surface area contributed by atoms with Crippen molar-refractivity contribution in [2.45, 2.75) is 46.3 Å². The zero-order chi connectivity index (χ0) is 14.9. The molecule has 1 unspecified atom stereocenters. The van der Waals surface area contributed by atoms with E-state index in [0.29, 0.717) is 31.3 Å². The van der Waals surface area contributed by atoms with Crippen molar-refractivity contribution < 1.29 is 22.8 Å². The fourth-order valence-electron chi connectivity index (χ4n) is 1.57. The average Bonchev–Trinajstić information content (AvgIpc) is 2.36. The highest BCUT2D eigenvalue weighted by Gasteiger charge is 2.39. The van der Waals surface area contributed by atoms with Crippen molar-refractivity contribution in [2.75, 3.05) is 20.3 Å². The summed E-state index contributed by atoms with van der Waals surface area (Å²) in [6, 6.07) is 0.621. The highest BCUT2D eigenvalue weighted by Crippen LogP contribution is 2.19. The Morgan fingerprint density at radius 2 is 1.79 bits per heavy atom. The number of carbonyl (C=O) groups excluding carboxylic acids is 1. The monoisotopic (exact) mass is 290 g/mol. The molecule has 0 aromatic carbocycles. The Labute approximate surface area is 117 Å². The SMILES string of the molecule is C=C(C)C(=O)OC(C)CC[Si](OC)(OCC)OCC. The van der Waals surface area contributed by atoms with Gasteiger partial charge in [-0.3, -0.25) is 0 Å². The summed E-state index contributed by atoms with van der Waals surface area (Å²) in [6.45, 7) is 11.9. The van der Waals surface area contributed by atoms with Gasteiger partial charge in [0.25, 0.3) is 0 Å². The summed E-state index contributed by atoms with van der Waals surface area (Å²) < 4.78 is 22.0. The van der Waals surface area contributed by atoms with Crippen molar-refractivity contribution in [3.8, 4) is 0 Å². The van der Waals surface area contributed by atoms with Crippen LogP contribution in [0.1, 0.15) is 34.1 Å². The van der Waals surface area contributed by atoms with Gasteiger partial charge >= 0.3 is 14.8 Å². The molecule has 0 N–H and O–H groups in total. The molecule has 112 valence electrons. The molecule has 0 radical (unpaired) electrons. The second-order valence-corrected chi connectivity index (χ2v) is 7.14. The van der Waals surface area contributed by atoms with Gasteiger partial charge in [-0.1, -0.05) is 6.58 Å². The first-order chi connectivity index (χ1) is 8.90. The first-order valence-corrected chi connectivity index (χ1v) is 8.53. The molecule has 5 nitrogen and oxygen atoms in total. The smallest absolute Gasteiger partial charge is 0.459 e. The molecule has 0 aliphatic carbocycles. The molecule has 0 bridgehead atoms. The Morgan fingerprint density at radius 1 is 1.26 bits per heavy atom. The summed E-state index contributed by atoms with van der Waals surface area (Å²) >= 11 is 0. The maximum Gasteiger partial charge on any atom is 0.500 e. The van der Waals surface area contributed by atoms with Gasteiger partial charge in [0.15, 0.2) is 0 Å². The molecular formula is C13H26O5Si. The van der Waals surface area contributed by atoms with Crippen LogP contribution in [0.3, 0.4) is 0 Å². The summed E-state index contributed by atoms with van der Waals surface area (Å²) in [5.74, 6) is -0.370. The van der Waals surface area contributed by atoms with Crippen LogP contribution in [0.2, 0.25) is 6.04 Å². The molecule has 0 saturated heterocycles. The molecule has 0 aliphatic rings. The van der Waals surface area contributed by atoms with E-state index in [-0.39, 0.29) is 12.1 Å². The zero-order valence-corrected chi connectivity index (χ0v) is 13.7. The van der Waals surface area contributed by atoms with Crippen LogP contribution < -0.4 is 0 Å². The molecular weight excluding hydrogens is 264 g/mol. The van der Waals surface area contributed by atoms with Gasteiger partial charge in [0.2, 0.25) is 0 Å². The molecule has 0 saturated carbocycles. The van der Waals surface area contributed by atoms with Crippen LogP contribution in [0, 0.1) is 0 Å². The van der Waals surface area contributed by atoms with E-state index in [2.05, 4.69) is 6.58 Å². The molecule has 0 spiro atoms. The summed E-state index contributed by atoms with van der Waals surface area (Å²) in [6.07, 6.45) is 0.422. The summed E-state index contributed by atoms with van der Waals surface area (Å²) in [5.41, 5.74) is 0.400. The first-order valence-electron chi connectivity index (χ1n) is 6.60. The first kappa shape index (κ1) is 18.3. The van der Waals surface area contributed by atoms with E-state index < -0.39 is 8.80 Å². The molecule has 19 heavy (non-hydrogen) atoms. The molecule has 0 aromatic rings. The van der Waals surface area contributed by atoms with E-state index in [9.17, 15) is 4.79 Å². The minimum absolute atomic E-state index is 0.216. The number of hydrogen-bond acceptors (Lipinski definition) is 5. The highest BCUT2D eigenvalue weighted by atomic mass is 28.4. The van der Waals surface area contributed by atoms with E-state index in [1.807, 2.05) is 20.8 Å². The van der Waals surface area contributed by atoms with Gasteiger partial charge in [-0.25, -0.2) is 4.79 Å². The Bertz CT molecular complexity index is 287. The van der Waals surface area contributed by atoms with Crippen LogP contribution in [0.4, 0.5) is 0 Å². The van der Waals surface area contributed by atoms with Crippen molar-refractivity contribution in [1.29, 1.82) is 0 Å². The molecule has 0 amide bonds. The number of carbonyl (C=O) groups is 1. The molecule has 0 aromatic heterocycles. The van der Waals surface area contributed by atoms with Crippen molar-refractivity contribution >= 4 is 14.8 Å². The van der Waals surface area contributed by atoms with Crippen molar-refractivity contribution in [2.24, 2.45) is 0 Å². The van der Waals surface area contributed by atoms with Crippen LogP contribution in [0.25, 0.3) is 0 Å². The fraction of sp³-hybridized carbons (Fsp3) is 0.769. The molecule has 1 atom stereocenters. The van der Waals surface area contributed by atoms with Crippen LogP contribution in [-0.2, 0) is 22.8 Å². The Kier molecular flexibility index (Phi) is 8.91. The quantitative estimate of drug-likeness (QED) is 0.351. The van der Waals surface area contributed by atoms with E-state index >= 15 is 0 Å². The van der Waals surface area contributed by atoms with Crippen molar-refractivity contribution in [1.82, 2.24) is 0 Å². The fourth-order valence-corrected chi connectivity index (χ4v) is 4.02. The van der Waals surface area contributed by atoms with Crippen LogP contribution in [0.15, 0.2) is 12.2 Å². The van der Waals surface area contributed by atoms with Gasteiger partial charge in [0, 0.05) is 31.9 Å². The Hall–Kier alpha value is -0.693. The maximum atomic E-state index is 11.4.